The number of aromatic amines is 1. The lowest BCUT2D eigenvalue weighted by Crippen LogP contribution is -1.99. The second-order valence-electron chi connectivity index (χ2n) is 3.00. The Labute approximate surface area is 89.5 Å². The van der Waals surface area contributed by atoms with Crippen LogP contribution < -0.4 is 0 Å². The molecule has 0 spiro atoms. The molecule has 0 aliphatic heterocycles. The van der Waals surface area contributed by atoms with Gasteiger partial charge >= 0.3 is 5.97 Å². The molecule has 5 heteroatoms. The van der Waals surface area contributed by atoms with Crippen LogP contribution in [0.3, 0.4) is 0 Å². The number of rotatable bonds is 2. The maximum Gasteiger partial charge on any atom is 0.338 e. The number of halogens is 1. The molecule has 0 aliphatic carbocycles. The van der Waals surface area contributed by atoms with Crippen molar-refractivity contribution in [3.8, 4) is 0 Å². The average Bonchev–Trinajstić information content (AvgIpc) is 2.57. The number of aromatic nitrogens is 1. The zero-order chi connectivity index (χ0) is 11.0. The molecule has 76 valence electrons. The molecule has 0 bridgehead atoms. The second-order valence-corrected chi connectivity index (χ2v) is 3.41. The van der Waals surface area contributed by atoms with Crippen molar-refractivity contribution in [1.82, 2.24) is 4.98 Å². The van der Waals surface area contributed by atoms with Crippen molar-refractivity contribution in [2.24, 2.45) is 0 Å². The first-order valence-corrected chi connectivity index (χ1v) is 4.51. The van der Waals surface area contributed by atoms with Crippen LogP contribution in [0, 0.1) is 0 Å². The van der Waals surface area contributed by atoms with Gasteiger partial charge in [0.05, 0.1) is 21.8 Å². The molecule has 4 nitrogen and oxygen atoms in total. The molecule has 0 saturated heterocycles. The molecule has 1 heterocycles. The van der Waals surface area contributed by atoms with E-state index in [4.69, 9.17) is 16.7 Å². The van der Waals surface area contributed by atoms with Gasteiger partial charge in [-0.15, -0.1) is 0 Å². The standard InChI is InChI=1S/C10H6ClNO3/c11-6-3-1-2-5-8(10(14)15)7(4-13)12-9(5)6/h1-4,12H,(H,14,15). The Morgan fingerprint density at radius 1 is 1.47 bits per heavy atom. The number of para-hydroxylation sites is 1. The highest BCUT2D eigenvalue weighted by molar-refractivity contribution is 6.35. The van der Waals surface area contributed by atoms with Crippen LogP contribution in [0.15, 0.2) is 18.2 Å². The van der Waals surface area contributed by atoms with E-state index in [1.807, 2.05) is 0 Å². The SMILES string of the molecule is O=Cc1[nH]c2c(Cl)cccc2c1C(=O)O. The van der Waals surface area contributed by atoms with Gasteiger partial charge in [0, 0.05) is 5.39 Å². The summed E-state index contributed by atoms with van der Waals surface area (Å²) in [7, 11) is 0. The third-order valence-electron chi connectivity index (χ3n) is 2.14. The average molecular weight is 224 g/mol. The van der Waals surface area contributed by atoms with Gasteiger partial charge in [-0.2, -0.15) is 0 Å². The number of carboxylic acids is 1. The summed E-state index contributed by atoms with van der Waals surface area (Å²) in [6.45, 7) is 0. The first kappa shape index (κ1) is 9.73. The molecule has 0 atom stereocenters. The molecule has 0 radical (unpaired) electrons. The fourth-order valence-corrected chi connectivity index (χ4v) is 1.74. The number of hydrogen-bond acceptors (Lipinski definition) is 2. The third-order valence-corrected chi connectivity index (χ3v) is 2.46. The lowest BCUT2D eigenvalue weighted by molar-refractivity contribution is 0.0696. The number of H-pyrrole nitrogens is 1. The molecule has 2 aromatic rings. The van der Waals surface area contributed by atoms with Crippen LogP contribution in [0.1, 0.15) is 20.8 Å². The Bertz CT molecular complexity index is 559. The van der Waals surface area contributed by atoms with Crippen LogP contribution >= 0.6 is 11.6 Å². The Morgan fingerprint density at radius 2 is 2.20 bits per heavy atom. The molecule has 0 aliphatic rings. The van der Waals surface area contributed by atoms with E-state index >= 15 is 0 Å². The van der Waals surface area contributed by atoms with E-state index in [2.05, 4.69) is 4.98 Å². The molecule has 1 aromatic heterocycles. The molecule has 1 aromatic carbocycles. The zero-order valence-corrected chi connectivity index (χ0v) is 8.21. The van der Waals surface area contributed by atoms with Crippen molar-refractivity contribution >= 4 is 34.8 Å². The van der Waals surface area contributed by atoms with Crippen molar-refractivity contribution < 1.29 is 14.7 Å². The van der Waals surface area contributed by atoms with Crippen LogP contribution in [0.5, 0.6) is 0 Å². The van der Waals surface area contributed by atoms with Crippen molar-refractivity contribution in [3.05, 3.63) is 34.5 Å². The minimum Gasteiger partial charge on any atom is -0.478 e. The van der Waals surface area contributed by atoms with E-state index in [9.17, 15) is 9.59 Å². The molecule has 0 amide bonds. The van der Waals surface area contributed by atoms with Crippen molar-refractivity contribution in [1.29, 1.82) is 0 Å². The summed E-state index contributed by atoms with van der Waals surface area (Å²) in [5.74, 6) is -1.15. The Hall–Kier alpha value is -1.81. The highest BCUT2D eigenvalue weighted by Gasteiger charge is 2.18. The fraction of sp³-hybridized carbons (Fsp3) is 0. The van der Waals surface area contributed by atoms with Gasteiger partial charge in [-0.25, -0.2) is 4.79 Å². The first-order chi connectivity index (χ1) is 7.15. The minimum atomic E-state index is -1.15. The number of benzene rings is 1. The highest BCUT2D eigenvalue weighted by Crippen LogP contribution is 2.27. The van der Waals surface area contributed by atoms with Gasteiger partial charge in [0.15, 0.2) is 6.29 Å². The maximum absolute atomic E-state index is 10.9. The minimum absolute atomic E-state index is 0.0330. The summed E-state index contributed by atoms with van der Waals surface area (Å²) < 4.78 is 0. The lowest BCUT2D eigenvalue weighted by Gasteiger charge is -1.93. The van der Waals surface area contributed by atoms with Crippen LogP contribution in [0.4, 0.5) is 0 Å². The fourth-order valence-electron chi connectivity index (χ4n) is 1.52. The number of carboxylic acid groups (broad SMARTS) is 1. The molecule has 0 unspecified atom stereocenters. The molecule has 0 saturated carbocycles. The second kappa shape index (κ2) is 3.40. The zero-order valence-electron chi connectivity index (χ0n) is 7.45. The summed E-state index contributed by atoms with van der Waals surface area (Å²) >= 11 is 5.86. The summed E-state index contributed by atoms with van der Waals surface area (Å²) in [5, 5.41) is 9.79. The van der Waals surface area contributed by atoms with Crippen LogP contribution in [-0.2, 0) is 0 Å². The van der Waals surface area contributed by atoms with E-state index in [1.54, 1.807) is 18.2 Å². The summed E-state index contributed by atoms with van der Waals surface area (Å²) in [5.41, 5.74) is 0.465. The summed E-state index contributed by atoms with van der Waals surface area (Å²) in [6.07, 6.45) is 0.472. The van der Waals surface area contributed by atoms with E-state index in [0.717, 1.165) is 0 Å². The monoisotopic (exact) mass is 223 g/mol. The smallest absolute Gasteiger partial charge is 0.338 e. The number of nitrogens with one attached hydrogen (secondary N) is 1. The lowest BCUT2D eigenvalue weighted by atomic mass is 10.1. The van der Waals surface area contributed by atoms with Gasteiger partial charge in [0.2, 0.25) is 0 Å². The predicted octanol–water partition coefficient (Wildman–Crippen LogP) is 2.33. The van der Waals surface area contributed by atoms with Gasteiger partial charge in [0.1, 0.15) is 0 Å². The van der Waals surface area contributed by atoms with E-state index in [0.29, 0.717) is 22.2 Å². The van der Waals surface area contributed by atoms with E-state index < -0.39 is 5.97 Å². The van der Waals surface area contributed by atoms with E-state index in [-0.39, 0.29) is 11.3 Å². The number of hydrogen-bond donors (Lipinski definition) is 2. The molecule has 0 fully saturated rings. The molecular weight excluding hydrogens is 218 g/mol. The maximum atomic E-state index is 10.9. The van der Waals surface area contributed by atoms with Crippen molar-refractivity contribution in [2.45, 2.75) is 0 Å². The van der Waals surface area contributed by atoms with Gasteiger partial charge in [0.25, 0.3) is 0 Å². The topological polar surface area (TPSA) is 70.2 Å². The third kappa shape index (κ3) is 1.39. The summed E-state index contributed by atoms with van der Waals surface area (Å²) in [4.78, 5) is 24.3. The van der Waals surface area contributed by atoms with Gasteiger partial charge in [-0.3, -0.25) is 4.79 Å². The number of carbonyl (C=O) groups is 2. The number of fused-ring (bicyclic) bond motifs is 1. The predicted molar refractivity (Wildman–Crippen MR) is 55.7 cm³/mol. The normalized spacial score (nSPS) is 10.5. The number of carbonyl (C=O) groups excluding carboxylic acids is 1. The largest absolute Gasteiger partial charge is 0.478 e. The van der Waals surface area contributed by atoms with Gasteiger partial charge in [-0.1, -0.05) is 23.7 Å². The Balaban J connectivity index is 2.92. The summed E-state index contributed by atoms with van der Waals surface area (Å²) in [6, 6.07) is 4.87. The van der Waals surface area contributed by atoms with Crippen molar-refractivity contribution in [3.63, 3.8) is 0 Å². The quantitative estimate of drug-likeness (QED) is 0.768. The van der Waals surface area contributed by atoms with Gasteiger partial charge < -0.3 is 10.1 Å². The Morgan fingerprint density at radius 3 is 2.80 bits per heavy atom. The van der Waals surface area contributed by atoms with Crippen LogP contribution in [-0.4, -0.2) is 22.3 Å². The molecule has 2 rings (SSSR count). The van der Waals surface area contributed by atoms with Crippen LogP contribution in [0.25, 0.3) is 10.9 Å². The van der Waals surface area contributed by atoms with Crippen molar-refractivity contribution in [2.75, 3.05) is 0 Å². The first-order valence-electron chi connectivity index (χ1n) is 4.14. The van der Waals surface area contributed by atoms with Crippen LogP contribution in [0.2, 0.25) is 5.02 Å². The molecule has 15 heavy (non-hydrogen) atoms. The van der Waals surface area contributed by atoms with Gasteiger partial charge in [-0.05, 0) is 6.07 Å². The number of aromatic carboxylic acids is 1. The van der Waals surface area contributed by atoms with E-state index in [1.165, 1.54) is 0 Å². The number of aldehydes is 1. The Kier molecular flexibility index (Phi) is 2.21. The molecule has 2 N–H and O–H groups in total. The molecular formula is C10H6ClNO3. The highest BCUT2D eigenvalue weighted by atomic mass is 35.5.